The molecular weight excluding hydrogens is 358 g/mol. The van der Waals surface area contributed by atoms with Crippen molar-refractivity contribution in [1.29, 1.82) is 0 Å². The number of pyridine rings is 1. The van der Waals surface area contributed by atoms with Crippen molar-refractivity contribution in [3.63, 3.8) is 0 Å². The number of hydrogen-bond acceptors (Lipinski definition) is 3. The Kier molecular flexibility index (Phi) is 5.01. The Bertz CT molecular complexity index is 733. The van der Waals surface area contributed by atoms with E-state index in [4.69, 9.17) is 28.3 Å². The normalized spacial score (nSPS) is 11.3. The first-order valence-corrected chi connectivity index (χ1v) is 6.84. The molecule has 0 aliphatic rings. The zero-order chi connectivity index (χ0) is 17.2. The first-order chi connectivity index (χ1) is 10.7. The van der Waals surface area contributed by atoms with Crippen molar-refractivity contribution in [2.75, 3.05) is 0 Å². The van der Waals surface area contributed by atoms with E-state index in [0.717, 1.165) is 12.1 Å². The van der Waals surface area contributed by atoms with Crippen LogP contribution >= 0.6 is 23.2 Å². The van der Waals surface area contributed by atoms with Gasteiger partial charge in [0.05, 0.1) is 22.2 Å². The number of carboxylic acid groups (broad SMARTS) is 1. The topological polar surface area (TPSA) is 59.4 Å². The van der Waals surface area contributed by atoms with Gasteiger partial charge in [0.15, 0.2) is 0 Å². The molecule has 1 heterocycles. The lowest BCUT2D eigenvalue weighted by Crippen LogP contribution is -2.16. The summed E-state index contributed by atoms with van der Waals surface area (Å²) in [5.41, 5.74) is 0.792. The van der Waals surface area contributed by atoms with Crippen LogP contribution in [0.3, 0.4) is 0 Å². The summed E-state index contributed by atoms with van der Waals surface area (Å²) in [6.45, 7) is 0. The lowest BCUT2D eigenvalue weighted by molar-refractivity contribution is -0.274. The molecule has 0 aliphatic carbocycles. The van der Waals surface area contributed by atoms with E-state index in [0.29, 0.717) is 5.56 Å². The molecule has 0 unspecified atom stereocenters. The molecule has 0 atom stereocenters. The van der Waals surface area contributed by atoms with E-state index >= 15 is 0 Å². The third-order valence-corrected chi connectivity index (χ3v) is 3.49. The predicted octanol–water partition coefficient (Wildman–Crippen LogP) is 4.58. The second-order valence-corrected chi connectivity index (χ2v) is 5.18. The van der Waals surface area contributed by atoms with Crippen molar-refractivity contribution in [2.24, 2.45) is 0 Å². The molecule has 0 bridgehead atoms. The van der Waals surface area contributed by atoms with Crippen LogP contribution in [0, 0.1) is 0 Å². The first-order valence-electron chi connectivity index (χ1n) is 6.08. The number of halogens is 5. The molecule has 2 rings (SSSR count). The van der Waals surface area contributed by atoms with E-state index in [1.807, 2.05) is 0 Å². The van der Waals surface area contributed by atoms with Gasteiger partial charge in [-0.25, -0.2) is 0 Å². The molecule has 0 aliphatic heterocycles. The average Bonchev–Trinajstić information content (AvgIpc) is 2.43. The van der Waals surface area contributed by atoms with Crippen molar-refractivity contribution < 1.29 is 27.8 Å². The summed E-state index contributed by atoms with van der Waals surface area (Å²) >= 11 is 12.0. The van der Waals surface area contributed by atoms with Gasteiger partial charge < -0.3 is 9.84 Å². The molecule has 0 spiro atoms. The van der Waals surface area contributed by atoms with E-state index in [2.05, 4.69) is 9.72 Å². The molecule has 0 fully saturated rings. The Hall–Kier alpha value is -1.99. The lowest BCUT2D eigenvalue weighted by Gasteiger charge is -2.11. The number of aliphatic carboxylic acids is 1. The molecular formula is C14H8Cl2F3NO3. The van der Waals surface area contributed by atoms with Crippen LogP contribution in [0.4, 0.5) is 13.2 Å². The summed E-state index contributed by atoms with van der Waals surface area (Å²) in [6.07, 6.45) is -3.95. The summed E-state index contributed by atoms with van der Waals surface area (Å²) in [6, 6.07) is 4.86. The van der Waals surface area contributed by atoms with E-state index < -0.39 is 24.5 Å². The van der Waals surface area contributed by atoms with Gasteiger partial charge in [0, 0.05) is 17.3 Å². The predicted molar refractivity (Wildman–Crippen MR) is 77.7 cm³/mol. The second-order valence-electron chi connectivity index (χ2n) is 4.39. The fourth-order valence-electron chi connectivity index (χ4n) is 1.83. The third-order valence-electron chi connectivity index (χ3n) is 2.76. The number of hydrogen-bond donors (Lipinski definition) is 1. The van der Waals surface area contributed by atoms with Crippen LogP contribution in [0.5, 0.6) is 5.75 Å². The fourth-order valence-corrected chi connectivity index (χ4v) is 2.42. The quantitative estimate of drug-likeness (QED) is 0.861. The summed E-state index contributed by atoms with van der Waals surface area (Å²) in [7, 11) is 0. The molecule has 1 aromatic carbocycles. The van der Waals surface area contributed by atoms with Crippen LogP contribution in [0.1, 0.15) is 5.56 Å². The molecule has 1 N–H and O–H groups in total. The first kappa shape index (κ1) is 17.4. The second kappa shape index (κ2) is 6.64. The van der Waals surface area contributed by atoms with Gasteiger partial charge in [0.2, 0.25) is 0 Å². The van der Waals surface area contributed by atoms with Crippen molar-refractivity contribution in [1.82, 2.24) is 4.98 Å². The Morgan fingerprint density at radius 2 is 1.83 bits per heavy atom. The summed E-state index contributed by atoms with van der Waals surface area (Å²) in [5, 5.41) is 8.99. The largest absolute Gasteiger partial charge is 0.573 e. The number of carbonyl (C=O) groups is 1. The van der Waals surface area contributed by atoms with Gasteiger partial charge in [0.25, 0.3) is 0 Å². The molecule has 23 heavy (non-hydrogen) atoms. The van der Waals surface area contributed by atoms with E-state index in [1.54, 1.807) is 0 Å². The molecule has 0 saturated carbocycles. The van der Waals surface area contributed by atoms with E-state index in [-0.39, 0.29) is 21.3 Å². The highest BCUT2D eigenvalue weighted by Gasteiger charge is 2.31. The van der Waals surface area contributed by atoms with Crippen molar-refractivity contribution in [3.8, 4) is 17.0 Å². The maximum Gasteiger partial charge on any atom is 0.573 e. The maximum atomic E-state index is 12.1. The molecule has 0 radical (unpaired) electrons. The molecule has 1 aromatic heterocycles. The minimum Gasteiger partial charge on any atom is -0.481 e. The summed E-state index contributed by atoms with van der Waals surface area (Å²) < 4.78 is 40.1. The minimum absolute atomic E-state index is 0.0318. The molecule has 0 saturated heterocycles. The number of benzene rings is 1. The minimum atomic E-state index is -4.79. The van der Waals surface area contributed by atoms with Gasteiger partial charge in [0.1, 0.15) is 5.75 Å². The Morgan fingerprint density at radius 1 is 1.22 bits per heavy atom. The number of alkyl halides is 3. The lowest BCUT2D eigenvalue weighted by atomic mass is 10.1. The van der Waals surface area contributed by atoms with E-state index in [9.17, 15) is 18.0 Å². The van der Waals surface area contributed by atoms with Gasteiger partial charge >= 0.3 is 12.3 Å². The standard InChI is InChI=1S/C14H8Cl2F3NO3/c15-10-6-20-13(12(16)9(10)5-11(21)22)7-1-3-8(4-2-7)23-14(17,18)19/h1-4,6H,5H2,(H,21,22). The molecule has 9 heteroatoms. The summed E-state index contributed by atoms with van der Waals surface area (Å²) in [5.74, 6) is -1.52. The zero-order valence-corrected chi connectivity index (χ0v) is 12.7. The van der Waals surface area contributed by atoms with Crippen LogP contribution in [-0.2, 0) is 11.2 Å². The van der Waals surface area contributed by atoms with Gasteiger partial charge in [-0.1, -0.05) is 23.2 Å². The third kappa shape index (κ3) is 4.49. The van der Waals surface area contributed by atoms with Crippen LogP contribution in [-0.4, -0.2) is 22.4 Å². The van der Waals surface area contributed by atoms with Gasteiger partial charge in [-0.2, -0.15) is 0 Å². The highest BCUT2D eigenvalue weighted by atomic mass is 35.5. The van der Waals surface area contributed by atoms with Crippen molar-refractivity contribution in [2.45, 2.75) is 12.8 Å². The van der Waals surface area contributed by atoms with Crippen molar-refractivity contribution in [3.05, 3.63) is 46.1 Å². The smallest absolute Gasteiger partial charge is 0.481 e. The number of nitrogens with zero attached hydrogens (tertiary/aromatic N) is 1. The number of carboxylic acids is 1. The average molecular weight is 366 g/mol. The van der Waals surface area contributed by atoms with E-state index in [1.165, 1.54) is 18.3 Å². The van der Waals surface area contributed by atoms with Crippen LogP contribution < -0.4 is 4.74 Å². The molecule has 0 amide bonds. The maximum absolute atomic E-state index is 12.1. The highest BCUT2D eigenvalue weighted by molar-refractivity contribution is 6.37. The fraction of sp³-hybridized carbons (Fsp3) is 0.143. The van der Waals surface area contributed by atoms with Crippen molar-refractivity contribution >= 4 is 29.2 Å². The summed E-state index contributed by atoms with van der Waals surface area (Å²) in [4.78, 5) is 14.8. The Labute approximate surface area is 138 Å². The van der Waals surface area contributed by atoms with Crippen LogP contribution in [0.25, 0.3) is 11.3 Å². The number of rotatable bonds is 4. The van der Waals surface area contributed by atoms with Gasteiger partial charge in [-0.3, -0.25) is 9.78 Å². The SMILES string of the molecule is O=C(O)Cc1c(Cl)cnc(-c2ccc(OC(F)(F)F)cc2)c1Cl. The zero-order valence-electron chi connectivity index (χ0n) is 11.2. The number of ether oxygens (including phenoxy) is 1. The Balaban J connectivity index is 2.37. The molecule has 2 aromatic rings. The van der Waals surface area contributed by atoms with Crippen LogP contribution in [0.15, 0.2) is 30.5 Å². The Morgan fingerprint density at radius 3 is 2.35 bits per heavy atom. The molecule has 4 nitrogen and oxygen atoms in total. The van der Waals surface area contributed by atoms with Gasteiger partial charge in [-0.05, 0) is 24.3 Å². The monoisotopic (exact) mass is 365 g/mol. The van der Waals surface area contributed by atoms with Crippen LogP contribution in [0.2, 0.25) is 10.0 Å². The highest BCUT2D eigenvalue weighted by Crippen LogP contribution is 2.34. The van der Waals surface area contributed by atoms with Gasteiger partial charge in [-0.15, -0.1) is 13.2 Å². The number of aromatic nitrogens is 1. The molecule has 122 valence electrons.